The number of carbonyl (C=O) groups excluding carboxylic acids is 1. The van der Waals surface area contributed by atoms with E-state index in [-0.39, 0.29) is 27.7 Å². The van der Waals surface area contributed by atoms with Crippen molar-refractivity contribution in [1.29, 1.82) is 0 Å². The minimum absolute atomic E-state index is 0.00548. The summed E-state index contributed by atoms with van der Waals surface area (Å²) in [5.41, 5.74) is 7.70. The van der Waals surface area contributed by atoms with Crippen LogP contribution in [0, 0.1) is 10.1 Å². The highest BCUT2D eigenvalue weighted by Gasteiger charge is 2.17. The highest BCUT2D eigenvalue weighted by Crippen LogP contribution is 2.33. The molecule has 0 atom stereocenters. The molecule has 7 nitrogen and oxygen atoms in total. The molecular formula is C19H14ClN3O4. The number of nitrogen functional groups attached to an aromatic ring is 1. The lowest BCUT2D eigenvalue weighted by molar-refractivity contribution is -0.384. The molecule has 1 amide bonds. The van der Waals surface area contributed by atoms with Gasteiger partial charge in [-0.15, -0.1) is 0 Å². The van der Waals surface area contributed by atoms with Crippen LogP contribution in [0.25, 0.3) is 11.1 Å². The Kier molecular flexibility index (Phi) is 4.96. The minimum Gasteiger partial charge on any atom is -0.507 e. The molecule has 0 aliphatic heterocycles. The smallest absolute Gasteiger partial charge is 0.271 e. The Hall–Kier alpha value is -3.58. The number of nitrogens with one attached hydrogen (secondary N) is 1. The predicted molar refractivity (Wildman–Crippen MR) is 104 cm³/mol. The number of phenols is 1. The molecule has 0 unspecified atom stereocenters. The number of hydrogen-bond donors (Lipinski definition) is 3. The first-order chi connectivity index (χ1) is 12.9. The van der Waals surface area contributed by atoms with E-state index < -0.39 is 10.8 Å². The summed E-state index contributed by atoms with van der Waals surface area (Å²) in [7, 11) is 0. The molecule has 3 rings (SSSR count). The van der Waals surface area contributed by atoms with Crippen molar-refractivity contribution in [2.24, 2.45) is 0 Å². The SMILES string of the molecule is Nc1cc(C(=O)Nc2ccc([N+](=O)[O-])cc2Cl)c(O)cc1-c1ccccc1. The van der Waals surface area contributed by atoms with Gasteiger partial charge in [0.15, 0.2) is 0 Å². The number of nitrogens with two attached hydrogens (primary N) is 1. The molecule has 4 N–H and O–H groups in total. The molecule has 0 fully saturated rings. The zero-order valence-electron chi connectivity index (χ0n) is 13.8. The minimum atomic E-state index is -0.644. The van der Waals surface area contributed by atoms with Crippen molar-refractivity contribution in [3.63, 3.8) is 0 Å². The second-order valence-corrected chi connectivity index (χ2v) is 6.11. The lowest BCUT2D eigenvalue weighted by Gasteiger charge is -2.12. The van der Waals surface area contributed by atoms with Gasteiger partial charge < -0.3 is 16.2 Å². The second kappa shape index (κ2) is 7.35. The maximum atomic E-state index is 12.5. The summed E-state index contributed by atoms with van der Waals surface area (Å²) in [4.78, 5) is 22.6. The number of nitro benzene ring substituents is 1. The molecule has 136 valence electrons. The Balaban J connectivity index is 1.90. The van der Waals surface area contributed by atoms with Crippen molar-refractivity contribution in [1.82, 2.24) is 0 Å². The predicted octanol–water partition coefficient (Wildman–Crippen LogP) is 4.46. The van der Waals surface area contributed by atoms with Crippen LogP contribution in [-0.2, 0) is 0 Å². The van der Waals surface area contributed by atoms with Crippen LogP contribution in [0.3, 0.4) is 0 Å². The molecule has 0 aliphatic rings. The Morgan fingerprint density at radius 1 is 1.11 bits per heavy atom. The molecule has 8 heteroatoms. The lowest BCUT2D eigenvalue weighted by Crippen LogP contribution is -2.13. The van der Waals surface area contributed by atoms with Crippen LogP contribution in [0.15, 0.2) is 60.7 Å². The molecule has 3 aromatic rings. The maximum Gasteiger partial charge on any atom is 0.271 e. The van der Waals surface area contributed by atoms with Gasteiger partial charge in [0.05, 0.1) is 21.2 Å². The standard InChI is InChI=1S/C19H14ClN3O4/c20-15-8-12(23(26)27)6-7-17(15)22-19(25)14-9-16(21)13(10-18(14)24)11-4-2-1-3-5-11/h1-10,24H,21H2,(H,22,25). The number of non-ortho nitro benzene ring substituents is 1. The average Bonchev–Trinajstić information content (AvgIpc) is 2.65. The molecular weight excluding hydrogens is 370 g/mol. The normalized spacial score (nSPS) is 10.4. The first-order valence-electron chi connectivity index (χ1n) is 7.80. The number of anilines is 2. The Labute approximate surface area is 159 Å². The Morgan fingerprint density at radius 2 is 1.81 bits per heavy atom. The van der Waals surface area contributed by atoms with Gasteiger partial charge in [0.25, 0.3) is 11.6 Å². The highest BCUT2D eigenvalue weighted by atomic mass is 35.5. The van der Waals surface area contributed by atoms with Crippen LogP contribution in [0.2, 0.25) is 5.02 Å². The number of amides is 1. The number of rotatable bonds is 4. The van der Waals surface area contributed by atoms with Gasteiger partial charge >= 0.3 is 0 Å². The molecule has 0 aromatic heterocycles. The van der Waals surface area contributed by atoms with Crippen LogP contribution >= 0.6 is 11.6 Å². The summed E-state index contributed by atoms with van der Waals surface area (Å²) in [6.07, 6.45) is 0. The summed E-state index contributed by atoms with van der Waals surface area (Å²) < 4.78 is 0. The van der Waals surface area contributed by atoms with Crippen molar-refractivity contribution in [2.75, 3.05) is 11.1 Å². The number of carbonyl (C=O) groups is 1. The zero-order valence-corrected chi connectivity index (χ0v) is 14.6. The van der Waals surface area contributed by atoms with Gasteiger partial charge in [0.2, 0.25) is 0 Å². The van der Waals surface area contributed by atoms with E-state index in [2.05, 4.69) is 5.32 Å². The number of phenolic OH excluding ortho intramolecular Hbond substituents is 1. The van der Waals surface area contributed by atoms with Crippen LogP contribution < -0.4 is 11.1 Å². The molecule has 27 heavy (non-hydrogen) atoms. The quantitative estimate of drug-likeness (QED) is 0.266. The maximum absolute atomic E-state index is 12.5. The fraction of sp³-hybridized carbons (Fsp3) is 0. The van der Waals surface area contributed by atoms with Crippen molar-refractivity contribution in [3.8, 4) is 16.9 Å². The summed E-state index contributed by atoms with van der Waals surface area (Å²) in [5, 5.41) is 23.5. The molecule has 0 radical (unpaired) electrons. The van der Waals surface area contributed by atoms with Gasteiger partial charge in [-0.05, 0) is 23.8 Å². The van der Waals surface area contributed by atoms with Gasteiger partial charge in [-0.1, -0.05) is 41.9 Å². The largest absolute Gasteiger partial charge is 0.507 e. The van der Waals surface area contributed by atoms with E-state index >= 15 is 0 Å². The van der Waals surface area contributed by atoms with Crippen molar-refractivity contribution in [3.05, 3.63) is 81.4 Å². The van der Waals surface area contributed by atoms with Crippen LogP contribution in [0.1, 0.15) is 10.4 Å². The van der Waals surface area contributed by atoms with E-state index in [0.29, 0.717) is 11.3 Å². The van der Waals surface area contributed by atoms with Gasteiger partial charge in [-0.25, -0.2) is 0 Å². The average molecular weight is 384 g/mol. The second-order valence-electron chi connectivity index (χ2n) is 5.70. The third-order valence-corrected chi connectivity index (χ3v) is 4.22. The summed E-state index contributed by atoms with van der Waals surface area (Å²) >= 11 is 5.97. The number of halogens is 1. The molecule has 0 aliphatic carbocycles. The van der Waals surface area contributed by atoms with Gasteiger partial charge in [0.1, 0.15) is 5.75 Å². The first-order valence-corrected chi connectivity index (χ1v) is 8.18. The lowest BCUT2D eigenvalue weighted by atomic mass is 10.0. The molecule has 3 aromatic carbocycles. The number of nitro groups is 1. The number of nitrogens with zero attached hydrogens (tertiary/aromatic N) is 1. The van der Waals surface area contributed by atoms with E-state index in [1.165, 1.54) is 24.3 Å². The summed E-state index contributed by atoms with van der Waals surface area (Å²) in [6.45, 7) is 0. The Morgan fingerprint density at radius 3 is 2.44 bits per heavy atom. The van der Waals surface area contributed by atoms with E-state index in [4.69, 9.17) is 17.3 Å². The van der Waals surface area contributed by atoms with Crippen LogP contribution in [0.5, 0.6) is 5.75 Å². The first kappa shape index (κ1) is 18.2. The number of aromatic hydroxyl groups is 1. The van der Waals surface area contributed by atoms with E-state index in [9.17, 15) is 20.0 Å². The van der Waals surface area contributed by atoms with Crippen LogP contribution in [0.4, 0.5) is 17.1 Å². The summed E-state index contributed by atoms with van der Waals surface area (Å²) in [6, 6.07) is 15.6. The van der Waals surface area contributed by atoms with E-state index in [1.807, 2.05) is 30.3 Å². The molecule has 0 spiro atoms. The van der Waals surface area contributed by atoms with E-state index in [1.54, 1.807) is 0 Å². The van der Waals surface area contributed by atoms with Crippen molar-refractivity contribution >= 4 is 34.6 Å². The summed E-state index contributed by atoms with van der Waals surface area (Å²) in [5.74, 6) is -0.895. The zero-order chi connectivity index (χ0) is 19.6. The van der Waals surface area contributed by atoms with Gasteiger partial charge in [-0.3, -0.25) is 14.9 Å². The third-order valence-electron chi connectivity index (χ3n) is 3.91. The van der Waals surface area contributed by atoms with Crippen molar-refractivity contribution in [2.45, 2.75) is 0 Å². The van der Waals surface area contributed by atoms with Crippen LogP contribution in [-0.4, -0.2) is 15.9 Å². The number of benzene rings is 3. The molecule has 0 saturated heterocycles. The fourth-order valence-electron chi connectivity index (χ4n) is 2.56. The molecule has 0 saturated carbocycles. The third kappa shape index (κ3) is 3.83. The van der Waals surface area contributed by atoms with Gasteiger partial charge in [0, 0.05) is 23.4 Å². The monoisotopic (exact) mass is 383 g/mol. The number of hydrogen-bond acceptors (Lipinski definition) is 5. The molecule has 0 heterocycles. The highest BCUT2D eigenvalue weighted by molar-refractivity contribution is 6.34. The topological polar surface area (TPSA) is 118 Å². The van der Waals surface area contributed by atoms with E-state index in [0.717, 1.165) is 11.6 Å². The molecule has 0 bridgehead atoms. The Bertz CT molecular complexity index is 1040. The fourth-order valence-corrected chi connectivity index (χ4v) is 2.79. The van der Waals surface area contributed by atoms with Crippen molar-refractivity contribution < 1.29 is 14.8 Å². The van der Waals surface area contributed by atoms with Gasteiger partial charge in [-0.2, -0.15) is 0 Å².